The molecule has 1 unspecified atom stereocenters. The lowest BCUT2D eigenvalue weighted by atomic mass is 9.96. The third-order valence-electron chi connectivity index (χ3n) is 4.91. The Kier molecular flexibility index (Phi) is 4.26. The molecule has 2 N–H and O–H groups in total. The lowest BCUT2D eigenvalue weighted by Gasteiger charge is -2.22. The highest BCUT2D eigenvalue weighted by molar-refractivity contribution is 6.07. The van der Waals surface area contributed by atoms with E-state index in [-0.39, 0.29) is 18.5 Å². The van der Waals surface area contributed by atoms with Crippen molar-refractivity contribution in [2.75, 3.05) is 13.7 Å². The number of benzene rings is 1. The molecule has 1 aliphatic heterocycles. The maximum Gasteiger partial charge on any atom is 0.416 e. The van der Waals surface area contributed by atoms with Gasteiger partial charge in [0, 0.05) is 5.56 Å². The van der Waals surface area contributed by atoms with Crippen LogP contribution in [0.2, 0.25) is 0 Å². The average Bonchev–Trinajstić information content (AvgIpc) is 3.33. The van der Waals surface area contributed by atoms with Crippen molar-refractivity contribution in [1.29, 1.82) is 0 Å². The van der Waals surface area contributed by atoms with Gasteiger partial charge in [-0.3, -0.25) is 4.79 Å². The predicted molar refractivity (Wildman–Crippen MR) is 83.4 cm³/mol. The largest absolute Gasteiger partial charge is 0.416 e. The molecule has 1 aliphatic carbocycles. The fourth-order valence-electron chi connectivity index (χ4n) is 3.28. The molecule has 0 radical (unpaired) electrons. The number of hydrogen-bond donors (Lipinski definition) is 2. The summed E-state index contributed by atoms with van der Waals surface area (Å²) in [6.45, 7) is 2.35. The molecule has 1 aromatic carbocycles. The topological polar surface area (TPSA) is 53.9 Å². The number of imide groups is 1. The van der Waals surface area contributed by atoms with Crippen molar-refractivity contribution in [3.05, 3.63) is 35.4 Å². The Bertz CT molecular complexity index is 685. The van der Waals surface area contributed by atoms with Crippen molar-refractivity contribution in [3.63, 3.8) is 0 Å². The van der Waals surface area contributed by atoms with E-state index in [1.807, 2.05) is 0 Å². The van der Waals surface area contributed by atoms with Gasteiger partial charge >= 0.3 is 12.2 Å². The van der Waals surface area contributed by atoms with E-state index >= 15 is 0 Å². The second-order valence-corrected chi connectivity index (χ2v) is 7.13. The number of alkyl halides is 3. The van der Waals surface area contributed by atoms with Gasteiger partial charge in [0.25, 0.3) is 5.91 Å². The maximum absolute atomic E-state index is 12.6. The highest BCUT2D eigenvalue weighted by atomic mass is 19.4. The van der Waals surface area contributed by atoms with Crippen molar-refractivity contribution in [2.45, 2.75) is 38.0 Å². The molecule has 2 aliphatic rings. The fourth-order valence-corrected chi connectivity index (χ4v) is 3.28. The molecule has 3 rings (SSSR count). The first-order valence-corrected chi connectivity index (χ1v) is 8.23. The minimum Gasteiger partial charge on any atom is -0.323 e. The molecule has 0 spiro atoms. The highest BCUT2D eigenvalue weighted by Gasteiger charge is 2.56. The van der Waals surface area contributed by atoms with Crippen LogP contribution in [0, 0.1) is 5.92 Å². The van der Waals surface area contributed by atoms with Crippen LogP contribution in [0.4, 0.5) is 18.0 Å². The van der Waals surface area contributed by atoms with Crippen molar-refractivity contribution < 1.29 is 27.7 Å². The van der Waals surface area contributed by atoms with Crippen LogP contribution in [-0.2, 0) is 17.5 Å². The summed E-state index contributed by atoms with van der Waals surface area (Å²) in [4.78, 5) is 26.7. The van der Waals surface area contributed by atoms with Gasteiger partial charge in [-0.1, -0.05) is 12.1 Å². The number of nitrogens with zero attached hydrogens (tertiary/aromatic N) is 1. The molecular weight excluding hydrogens is 335 g/mol. The van der Waals surface area contributed by atoms with E-state index in [1.54, 1.807) is 14.0 Å². The van der Waals surface area contributed by atoms with Gasteiger partial charge in [0.1, 0.15) is 12.1 Å². The van der Waals surface area contributed by atoms with Gasteiger partial charge in [-0.2, -0.15) is 13.2 Å². The summed E-state index contributed by atoms with van der Waals surface area (Å²) < 4.78 is 37.8. The van der Waals surface area contributed by atoms with Crippen LogP contribution in [0.5, 0.6) is 0 Å². The quantitative estimate of drug-likeness (QED) is 0.784. The van der Waals surface area contributed by atoms with Gasteiger partial charge in [-0.25, -0.2) is 9.69 Å². The Hall–Kier alpha value is -2.09. The first-order valence-electron chi connectivity index (χ1n) is 8.23. The van der Waals surface area contributed by atoms with Crippen LogP contribution in [0.1, 0.15) is 30.9 Å². The molecule has 0 bridgehead atoms. The van der Waals surface area contributed by atoms with E-state index < -0.39 is 23.3 Å². The van der Waals surface area contributed by atoms with Crippen LogP contribution in [0.3, 0.4) is 0 Å². The third-order valence-corrected chi connectivity index (χ3v) is 4.91. The number of rotatable bonds is 5. The smallest absolute Gasteiger partial charge is 0.323 e. The number of nitrogens with one attached hydrogen (secondary N) is 2. The standard InChI is InChI=1S/C17H20F3N3O2/c1-16(12-7-8-12)14(24)23(15(25)21-16)10-22(2)9-11-3-5-13(6-4-11)17(18,19)20/h3-6,12H,7-10H2,1-2H3,(H,21,25)/p+1/t16-/m1/s1. The third kappa shape index (κ3) is 3.49. The van der Waals surface area contributed by atoms with E-state index in [0.717, 1.165) is 29.9 Å². The molecule has 25 heavy (non-hydrogen) atoms. The predicted octanol–water partition coefficient (Wildman–Crippen LogP) is 1.40. The van der Waals surface area contributed by atoms with E-state index in [4.69, 9.17) is 0 Å². The minimum atomic E-state index is -4.36. The van der Waals surface area contributed by atoms with E-state index in [0.29, 0.717) is 12.1 Å². The molecule has 2 fully saturated rings. The van der Waals surface area contributed by atoms with Gasteiger partial charge in [-0.05, 0) is 37.8 Å². The van der Waals surface area contributed by atoms with Gasteiger partial charge in [-0.15, -0.1) is 0 Å². The molecule has 1 aromatic rings. The number of quaternary nitrogens is 1. The Morgan fingerprint density at radius 3 is 2.36 bits per heavy atom. The molecule has 8 heteroatoms. The van der Waals surface area contributed by atoms with Crippen LogP contribution in [-0.4, -0.2) is 36.1 Å². The highest BCUT2D eigenvalue weighted by Crippen LogP contribution is 2.42. The number of urea groups is 1. The molecule has 1 saturated heterocycles. The molecule has 1 saturated carbocycles. The first-order chi connectivity index (χ1) is 11.6. The summed E-state index contributed by atoms with van der Waals surface area (Å²) in [5, 5.41) is 2.78. The monoisotopic (exact) mass is 356 g/mol. The van der Waals surface area contributed by atoms with Crippen LogP contribution >= 0.6 is 0 Å². The van der Waals surface area contributed by atoms with Gasteiger partial charge in [0.05, 0.1) is 12.6 Å². The van der Waals surface area contributed by atoms with E-state index in [1.165, 1.54) is 17.0 Å². The SMILES string of the molecule is C[NH+](Cc1ccc(C(F)(F)F)cc1)CN1C(=O)N[C@](C)(C2CC2)C1=O. The fraction of sp³-hybridized carbons (Fsp3) is 0.529. The molecule has 5 nitrogen and oxygen atoms in total. The average molecular weight is 356 g/mol. The van der Waals surface area contributed by atoms with E-state index in [2.05, 4.69) is 5.32 Å². The number of carbonyl (C=O) groups excluding carboxylic acids is 2. The van der Waals surface area contributed by atoms with Gasteiger partial charge in [0.2, 0.25) is 0 Å². The van der Waals surface area contributed by atoms with Crippen molar-refractivity contribution in [3.8, 4) is 0 Å². The van der Waals surface area contributed by atoms with Crippen LogP contribution in [0.25, 0.3) is 0 Å². The second-order valence-electron chi connectivity index (χ2n) is 7.13. The number of hydrogen-bond acceptors (Lipinski definition) is 2. The van der Waals surface area contributed by atoms with Crippen molar-refractivity contribution >= 4 is 11.9 Å². The Morgan fingerprint density at radius 1 is 1.24 bits per heavy atom. The van der Waals surface area contributed by atoms with E-state index in [9.17, 15) is 22.8 Å². The van der Waals surface area contributed by atoms with Crippen molar-refractivity contribution in [2.24, 2.45) is 5.92 Å². The van der Waals surface area contributed by atoms with Crippen molar-refractivity contribution in [1.82, 2.24) is 10.2 Å². The molecule has 1 heterocycles. The maximum atomic E-state index is 12.6. The Labute approximate surface area is 143 Å². The molecule has 0 aromatic heterocycles. The second kappa shape index (κ2) is 6.01. The number of amides is 3. The molecule has 2 atom stereocenters. The normalized spacial score (nSPS) is 25.2. The first kappa shape index (κ1) is 17.7. The van der Waals surface area contributed by atoms with Gasteiger partial charge in [0.15, 0.2) is 6.67 Å². The van der Waals surface area contributed by atoms with Gasteiger partial charge < -0.3 is 10.2 Å². The zero-order valence-corrected chi connectivity index (χ0v) is 14.1. The summed E-state index contributed by atoms with van der Waals surface area (Å²) in [5.41, 5.74) is -0.795. The lowest BCUT2D eigenvalue weighted by molar-refractivity contribution is -0.901. The molecule has 136 valence electrons. The molecular formula is C17H21F3N3O2+. The van der Waals surface area contributed by atoms with Crippen LogP contribution < -0.4 is 10.2 Å². The summed E-state index contributed by atoms with van der Waals surface area (Å²) in [6, 6.07) is 4.53. The Balaban J connectivity index is 1.62. The molecule has 3 amide bonds. The summed E-state index contributed by atoms with van der Waals surface area (Å²) in [6.07, 6.45) is -2.49. The summed E-state index contributed by atoms with van der Waals surface area (Å²) in [7, 11) is 1.80. The Morgan fingerprint density at radius 2 is 1.84 bits per heavy atom. The van der Waals surface area contributed by atoms with Crippen LogP contribution in [0.15, 0.2) is 24.3 Å². The lowest BCUT2D eigenvalue weighted by Crippen LogP contribution is -3.09. The zero-order chi connectivity index (χ0) is 18.4. The zero-order valence-electron chi connectivity index (χ0n) is 14.1. The minimum absolute atomic E-state index is 0.175. The number of carbonyl (C=O) groups is 2. The number of halogens is 3. The summed E-state index contributed by atoms with van der Waals surface area (Å²) >= 11 is 0. The summed E-state index contributed by atoms with van der Waals surface area (Å²) in [5.74, 6) is -0.0176.